The van der Waals surface area contributed by atoms with Crippen molar-refractivity contribution in [2.24, 2.45) is 0 Å². The number of hydrogen-bond donors (Lipinski definition) is 1. The highest BCUT2D eigenvalue weighted by molar-refractivity contribution is 7.71. The van der Waals surface area contributed by atoms with E-state index < -0.39 is 0 Å². The second-order valence-electron chi connectivity index (χ2n) is 5.02. The lowest BCUT2D eigenvalue weighted by atomic mass is 10.1. The van der Waals surface area contributed by atoms with Crippen LogP contribution in [0.1, 0.15) is 25.7 Å². The van der Waals surface area contributed by atoms with Crippen molar-refractivity contribution in [3.05, 3.63) is 28.0 Å². The lowest BCUT2D eigenvalue weighted by Crippen LogP contribution is -2.20. The molecule has 1 unspecified atom stereocenters. The Kier molecular flexibility index (Phi) is 3.91. The van der Waals surface area contributed by atoms with Crippen LogP contribution >= 0.6 is 23.8 Å². The number of H-pyrrole nitrogens is 1. The number of nitrogens with one attached hydrogen (secondary N) is 1. The fourth-order valence-electron chi connectivity index (χ4n) is 2.66. The first kappa shape index (κ1) is 13.2. The molecule has 19 heavy (non-hydrogen) atoms. The number of aromatic nitrogens is 2. The van der Waals surface area contributed by atoms with Gasteiger partial charge in [-0.3, -0.25) is 0 Å². The topological polar surface area (TPSA) is 29.9 Å². The molecule has 3 rings (SSSR count). The van der Waals surface area contributed by atoms with Crippen LogP contribution in [0.5, 0.6) is 0 Å². The summed E-state index contributed by atoms with van der Waals surface area (Å²) in [6.07, 6.45) is 5.01. The molecule has 0 saturated carbocycles. The highest BCUT2D eigenvalue weighted by Crippen LogP contribution is 2.21. The number of ether oxygens (including phenoxy) is 1. The molecule has 0 bridgehead atoms. The minimum absolute atomic E-state index is 0.375. The molecule has 0 spiro atoms. The van der Waals surface area contributed by atoms with Crippen LogP contribution in [0.25, 0.3) is 11.0 Å². The molecule has 0 aliphatic carbocycles. The third kappa shape index (κ3) is 2.86. The van der Waals surface area contributed by atoms with Gasteiger partial charge < -0.3 is 14.3 Å². The van der Waals surface area contributed by atoms with E-state index in [-0.39, 0.29) is 0 Å². The first-order chi connectivity index (χ1) is 9.24. The van der Waals surface area contributed by atoms with Crippen LogP contribution in [0.3, 0.4) is 0 Å². The number of imidazole rings is 1. The minimum atomic E-state index is 0.375. The molecule has 1 fully saturated rings. The van der Waals surface area contributed by atoms with Crippen LogP contribution in [0.15, 0.2) is 18.2 Å². The van der Waals surface area contributed by atoms with Gasteiger partial charge in [0.2, 0.25) is 0 Å². The molecular weight excluding hydrogens is 280 g/mol. The molecule has 2 aromatic rings. The van der Waals surface area contributed by atoms with Gasteiger partial charge in [0.1, 0.15) is 0 Å². The number of halogens is 1. The van der Waals surface area contributed by atoms with Crippen molar-refractivity contribution in [1.82, 2.24) is 9.55 Å². The Morgan fingerprint density at radius 2 is 2.32 bits per heavy atom. The third-order valence-corrected chi connectivity index (χ3v) is 4.24. The van der Waals surface area contributed by atoms with Gasteiger partial charge in [0.25, 0.3) is 0 Å². The van der Waals surface area contributed by atoms with Gasteiger partial charge in [-0.15, -0.1) is 0 Å². The number of aromatic amines is 1. The summed E-state index contributed by atoms with van der Waals surface area (Å²) in [6.45, 7) is 1.78. The first-order valence-electron chi connectivity index (χ1n) is 6.74. The molecule has 1 aromatic heterocycles. The Balaban J connectivity index is 1.81. The molecule has 3 nitrogen and oxygen atoms in total. The Hall–Kier alpha value is -0.840. The van der Waals surface area contributed by atoms with E-state index in [1.165, 1.54) is 12.8 Å². The number of nitrogens with zero attached hydrogens (tertiary/aromatic N) is 1. The molecule has 1 aromatic carbocycles. The lowest BCUT2D eigenvalue weighted by Gasteiger charge is -2.22. The standard InChI is InChI=1S/C14H17ClN2OS/c15-10-4-5-12-13(9-10)17(14(19)16-12)7-6-11-3-1-2-8-18-11/h4-5,9,11H,1-3,6-8H2,(H,16,19). The molecule has 1 aliphatic heterocycles. The summed E-state index contributed by atoms with van der Waals surface area (Å²) < 4.78 is 8.65. The summed E-state index contributed by atoms with van der Waals surface area (Å²) in [6, 6.07) is 5.82. The van der Waals surface area contributed by atoms with Crippen molar-refractivity contribution in [2.75, 3.05) is 6.61 Å². The Bertz CT molecular complexity index is 628. The van der Waals surface area contributed by atoms with Crippen LogP contribution in [-0.4, -0.2) is 22.3 Å². The highest BCUT2D eigenvalue weighted by Gasteiger charge is 2.14. The predicted molar refractivity (Wildman–Crippen MR) is 80.3 cm³/mol. The average Bonchev–Trinajstić information content (AvgIpc) is 2.73. The van der Waals surface area contributed by atoms with E-state index in [0.717, 1.165) is 46.8 Å². The molecule has 2 heterocycles. The summed E-state index contributed by atoms with van der Waals surface area (Å²) in [5, 5.41) is 0.740. The quantitative estimate of drug-likeness (QED) is 0.855. The SMILES string of the molecule is S=c1[nH]c2ccc(Cl)cc2n1CCC1CCCCO1. The third-order valence-electron chi connectivity index (χ3n) is 3.69. The van der Waals surface area contributed by atoms with Crippen LogP contribution in [0.2, 0.25) is 5.02 Å². The average molecular weight is 297 g/mol. The molecule has 0 amide bonds. The van der Waals surface area contributed by atoms with E-state index in [1.807, 2.05) is 18.2 Å². The van der Waals surface area contributed by atoms with Crippen molar-refractivity contribution in [3.8, 4) is 0 Å². The molecule has 1 saturated heterocycles. The molecule has 1 atom stereocenters. The van der Waals surface area contributed by atoms with Gasteiger partial charge in [-0.05, 0) is 56.1 Å². The zero-order valence-electron chi connectivity index (χ0n) is 10.7. The number of hydrogen-bond acceptors (Lipinski definition) is 2. The summed E-state index contributed by atoms with van der Waals surface area (Å²) in [5.74, 6) is 0. The highest BCUT2D eigenvalue weighted by atomic mass is 35.5. The Labute approximate surface area is 122 Å². The van der Waals surface area contributed by atoms with E-state index >= 15 is 0 Å². The normalized spacial score (nSPS) is 19.9. The molecule has 102 valence electrons. The van der Waals surface area contributed by atoms with Crippen molar-refractivity contribution in [2.45, 2.75) is 38.3 Å². The van der Waals surface area contributed by atoms with Crippen LogP contribution in [0, 0.1) is 4.77 Å². The fraction of sp³-hybridized carbons (Fsp3) is 0.500. The first-order valence-corrected chi connectivity index (χ1v) is 7.52. The Morgan fingerprint density at radius 3 is 3.11 bits per heavy atom. The maximum Gasteiger partial charge on any atom is 0.178 e. The van der Waals surface area contributed by atoms with Gasteiger partial charge in [0, 0.05) is 18.2 Å². The summed E-state index contributed by atoms with van der Waals surface area (Å²) in [5.41, 5.74) is 2.12. The van der Waals surface area contributed by atoms with E-state index in [9.17, 15) is 0 Å². The number of fused-ring (bicyclic) bond motifs is 1. The van der Waals surface area contributed by atoms with Crippen molar-refractivity contribution >= 4 is 34.9 Å². The van der Waals surface area contributed by atoms with E-state index in [2.05, 4.69) is 9.55 Å². The Morgan fingerprint density at radius 1 is 1.42 bits per heavy atom. The largest absolute Gasteiger partial charge is 0.378 e. The van der Waals surface area contributed by atoms with Crippen LogP contribution in [0.4, 0.5) is 0 Å². The zero-order chi connectivity index (χ0) is 13.2. The van der Waals surface area contributed by atoms with Gasteiger partial charge >= 0.3 is 0 Å². The van der Waals surface area contributed by atoms with Crippen LogP contribution in [-0.2, 0) is 11.3 Å². The zero-order valence-corrected chi connectivity index (χ0v) is 12.3. The maximum atomic E-state index is 6.06. The second kappa shape index (κ2) is 5.65. The lowest BCUT2D eigenvalue weighted by molar-refractivity contribution is 0.00892. The van der Waals surface area contributed by atoms with Gasteiger partial charge in [-0.25, -0.2) is 0 Å². The molecular formula is C14H17ClN2OS. The molecule has 5 heteroatoms. The maximum absolute atomic E-state index is 6.06. The van der Waals surface area contributed by atoms with Gasteiger partial charge in [0.05, 0.1) is 17.1 Å². The number of aryl methyl sites for hydroxylation is 1. The number of rotatable bonds is 3. The van der Waals surface area contributed by atoms with E-state index in [0.29, 0.717) is 6.10 Å². The predicted octanol–water partition coefficient (Wildman–Crippen LogP) is 4.31. The van der Waals surface area contributed by atoms with Crippen molar-refractivity contribution < 1.29 is 4.74 Å². The van der Waals surface area contributed by atoms with E-state index in [4.69, 9.17) is 28.6 Å². The molecule has 1 N–H and O–H groups in total. The van der Waals surface area contributed by atoms with Gasteiger partial charge in [0.15, 0.2) is 4.77 Å². The number of benzene rings is 1. The summed E-state index contributed by atoms with van der Waals surface area (Å²) >= 11 is 11.4. The smallest absolute Gasteiger partial charge is 0.178 e. The molecule has 0 radical (unpaired) electrons. The van der Waals surface area contributed by atoms with E-state index in [1.54, 1.807) is 0 Å². The van der Waals surface area contributed by atoms with Crippen molar-refractivity contribution in [3.63, 3.8) is 0 Å². The summed E-state index contributed by atoms with van der Waals surface area (Å²) in [7, 11) is 0. The molecule has 1 aliphatic rings. The van der Waals surface area contributed by atoms with Gasteiger partial charge in [-0.1, -0.05) is 11.6 Å². The van der Waals surface area contributed by atoms with Crippen molar-refractivity contribution in [1.29, 1.82) is 0 Å². The van der Waals surface area contributed by atoms with Gasteiger partial charge in [-0.2, -0.15) is 0 Å². The summed E-state index contributed by atoms with van der Waals surface area (Å²) in [4.78, 5) is 3.22. The monoisotopic (exact) mass is 296 g/mol. The van der Waals surface area contributed by atoms with Crippen LogP contribution < -0.4 is 0 Å². The fourth-order valence-corrected chi connectivity index (χ4v) is 3.12. The second-order valence-corrected chi connectivity index (χ2v) is 5.84. The minimum Gasteiger partial charge on any atom is -0.378 e.